The van der Waals surface area contributed by atoms with Gasteiger partial charge in [-0.05, 0) is 18.2 Å². The molecular weight excluding hydrogens is 200 g/mol. The molecule has 0 spiro atoms. The predicted octanol–water partition coefficient (Wildman–Crippen LogP) is -0.191. The maximum absolute atomic E-state index is 10.8. The van der Waals surface area contributed by atoms with Gasteiger partial charge in [-0.1, -0.05) is 6.07 Å². The van der Waals surface area contributed by atoms with Crippen LogP contribution in [-0.4, -0.2) is 22.9 Å². The lowest BCUT2D eigenvalue weighted by molar-refractivity contribution is -0.147. The molecule has 15 heavy (non-hydrogen) atoms. The molecule has 0 aromatic heterocycles. The van der Waals surface area contributed by atoms with E-state index in [9.17, 15) is 14.4 Å². The van der Waals surface area contributed by atoms with Gasteiger partial charge in [0.2, 0.25) is 5.91 Å². The summed E-state index contributed by atoms with van der Waals surface area (Å²) in [6, 6.07) is 5.69. The fourth-order valence-electron chi connectivity index (χ4n) is 0.935. The highest BCUT2D eigenvalue weighted by Gasteiger charge is 2.11. The summed E-state index contributed by atoms with van der Waals surface area (Å²) in [5.74, 6) is -3.42. The normalized spacial score (nSPS) is 9.33. The molecule has 0 aliphatic rings. The summed E-state index contributed by atoms with van der Waals surface area (Å²) in [6.45, 7) is 0. The first-order chi connectivity index (χ1) is 7.00. The highest BCUT2D eigenvalue weighted by molar-refractivity contribution is 6.36. The van der Waals surface area contributed by atoms with Crippen LogP contribution in [0.15, 0.2) is 24.3 Å². The standard InChI is InChI=1S/C9H8N2O4/c10-7(12)5-2-1-3-6(4-5)11-8(13)9(14)15/h1-4H,(H2,10,12)(H,11,13)(H,14,15). The van der Waals surface area contributed by atoms with E-state index in [2.05, 4.69) is 5.32 Å². The van der Waals surface area contributed by atoms with Crippen molar-refractivity contribution in [3.8, 4) is 0 Å². The zero-order valence-electron chi connectivity index (χ0n) is 7.56. The molecule has 0 aliphatic carbocycles. The third-order valence-electron chi connectivity index (χ3n) is 1.60. The second-order valence-electron chi connectivity index (χ2n) is 2.70. The van der Waals surface area contributed by atoms with Gasteiger partial charge in [0.15, 0.2) is 0 Å². The maximum Gasteiger partial charge on any atom is 0.394 e. The highest BCUT2D eigenvalue weighted by Crippen LogP contribution is 2.09. The molecule has 0 saturated carbocycles. The number of primary amides is 1. The fourth-order valence-corrected chi connectivity index (χ4v) is 0.935. The minimum atomic E-state index is -1.60. The Morgan fingerprint density at radius 3 is 2.47 bits per heavy atom. The lowest BCUT2D eigenvalue weighted by atomic mass is 10.2. The lowest BCUT2D eigenvalue weighted by Gasteiger charge is -2.02. The Bertz CT molecular complexity index is 428. The van der Waals surface area contributed by atoms with E-state index >= 15 is 0 Å². The smallest absolute Gasteiger partial charge is 0.394 e. The van der Waals surface area contributed by atoms with Gasteiger partial charge in [-0.15, -0.1) is 0 Å². The van der Waals surface area contributed by atoms with Crippen molar-refractivity contribution >= 4 is 23.5 Å². The summed E-state index contributed by atoms with van der Waals surface area (Å²) in [7, 11) is 0. The Hall–Kier alpha value is -2.37. The van der Waals surface area contributed by atoms with E-state index in [1.165, 1.54) is 24.3 Å². The van der Waals surface area contributed by atoms with Crippen LogP contribution >= 0.6 is 0 Å². The quantitative estimate of drug-likeness (QED) is 0.585. The monoisotopic (exact) mass is 208 g/mol. The molecule has 78 valence electrons. The molecule has 0 heterocycles. The third-order valence-corrected chi connectivity index (χ3v) is 1.60. The highest BCUT2D eigenvalue weighted by atomic mass is 16.4. The first-order valence-electron chi connectivity index (χ1n) is 3.95. The number of benzene rings is 1. The molecule has 6 nitrogen and oxygen atoms in total. The first-order valence-corrected chi connectivity index (χ1v) is 3.95. The number of carbonyl (C=O) groups is 3. The Balaban J connectivity index is 2.87. The van der Waals surface area contributed by atoms with Gasteiger partial charge in [-0.25, -0.2) is 4.79 Å². The van der Waals surface area contributed by atoms with Gasteiger partial charge in [0.1, 0.15) is 0 Å². The van der Waals surface area contributed by atoms with Crippen LogP contribution in [0, 0.1) is 0 Å². The summed E-state index contributed by atoms with van der Waals surface area (Å²) in [4.78, 5) is 31.8. The lowest BCUT2D eigenvalue weighted by Crippen LogP contribution is -2.22. The third kappa shape index (κ3) is 2.80. The zero-order chi connectivity index (χ0) is 11.4. The summed E-state index contributed by atoms with van der Waals surface area (Å²) in [5, 5.41) is 10.4. The number of amides is 2. The van der Waals surface area contributed by atoms with Gasteiger partial charge >= 0.3 is 11.9 Å². The minimum Gasteiger partial charge on any atom is -0.474 e. The van der Waals surface area contributed by atoms with Crippen LogP contribution in [0.4, 0.5) is 5.69 Å². The van der Waals surface area contributed by atoms with Crippen molar-refractivity contribution in [1.82, 2.24) is 0 Å². The summed E-state index contributed by atoms with van der Waals surface area (Å²) < 4.78 is 0. The Labute approximate surface area is 84.7 Å². The van der Waals surface area contributed by atoms with Crippen LogP contribution in [0.2, 0.25) is 0 Å². The molecule has 1 aromatic rings. The van der Waals surface area contributed by atoms with Crippen molar-refractivity contribution in [3.05, 3.63) is 29.8 Å². The molecule has 0 atom stereocenters. The number of carbonyl (C=O) groups excluding carboxylic acids is 2. The molecule has 2 amide bonds. The number of hydrogen-bond acceptors (Lipinski definition) is 3. The van der Waals surface area contributed by atoms with Crippen LogP contribution in [0.25, 0.3) is 0 Å². The zero-order valence-corrected chi connectivity index (χ0v) is 7.56. The second-order valence-corrected chi connectivity index (χ2v) is 2.70. The van der Waals surface area contributed by atoms with Gasteiger partial charge in [0, 0.05) is 11.3 Å². The fraction of sp³-hybridized carbons (Fsp3) is 0. The van der Waals surface area contributed by atoms with E-state index in [0.717, 1.165) is 0 Å². The SMILES string of the molecule is NC(=O)c1cccc(NC(=O)C(=O)O)c1. The van der Waals surface area contributed by atoms with E-state index in [1.807, 2.05) is 0 Å². The van der Waals surface area contributed by atoms with Gasteiger partial charge in [-0.3, -0.25) is 9.59 Å². The molecule has 1 rings (SSSR count). The average Bonchev–Trinajstić information content (AvgIpc) is 2.18. The van der Waals surface area contributed by atoms with E-state index in [0.29, 0.717) is 0 Å². The van der Waals surface area contributed by atoms with Gasteiger partial charge < -0.3 is 16.2 Å². The maximum atomic E-state index is 10.8. The molecular formula is C9H8N2O4. The summed E-state index contributed by atoms with van der Waals surface area (Å²) in [6.07, 6.45) is 0. The number of rotatable bonds is 2. The van der Waals surface area contributed by atoms with Gasteiger partial charge in [-0.2, -0.15) is 0 Å². The number of nitrogens with one attached hydrogen (secondary N) is 1. The second kappa shape index (κ2) is 4.23. The van der Waals surface area contributed by atoms with Crippen LogP contribution < -0.4 is 11.1 Å². The number of nitrogens with two attached hydrogens (primary N) is 1. The van der Waals surface area contributed by atoms with Crippen molar-refractivity contribution in [2.75, 3.05) is 5.32 Å². The Morgan fingerprint density at radius 1 is 1.27 bits per heavy atom. The molecule has 1 aromatic carbocycles. The number of carboxylic acid groups (broad SMARTS) is 1. The molecule has 0 aliphatic heterocycles. The van der Waals surface area contributed by atoms with Crippen molar-refractivity contribution in [2.24, 2.45) is 5.73 Å². The summed E-state index contributed by atoms with van der Waals surface area (Å²) >= 11 is 0. The number of carboxylic acids is 1. The van der Waals surface area contributed by atoms with Crippen molar-refractivity contribution in [1.29, 1.82) is 0 Å². The topological polar surface area (TPSA) is 109 Å². The van der Waals surface area contributed by atoms with Crippen molar-refractivity contribution < 1.29 is 19.5 Å². The number of hydrogen-bond donors (Lipinski definition) is 3. The molecule has 6 heteroatoms. The van der Waals surface area contributed by atoms with E-state index in [4.69, 9.17) is 10.8 Å². The largest absolute Gasteiger partial charge is 0.474 e. The first kappa shape index (κ1) is 10.7. The van der Waals surface area contributed by atoms with E-state index in [-0.39, 0.29) is 11.3 Å². The van der Waals surface area contributed by atoms with Crippen LogP contribution in [-0.2, 0) is 9.59 Å². The van der Waals surface area contributed by atoms with Crippen LogP contribution in [0.5, 0.6) is 0 Å². The van der Waals surface area contributed by atoms with E-state index < -0.39 is 17.8 Å². The molecule has 0 saturated heterocycles. The van der Waals surface area contributed by atoms with Crippen LogP contribution in [0.3, 0.4) is 0 Å². The average molecular weight is 208 g/mol. The number of aliphatic carboxylic acids is 1. The van der Waals surface area contributed by atoms with E-state index in [1.54, 1.807) is 0 Å². The van der Waals surface area contributed by atoms with Gasteiger partial charge in [0.25, 0.3) is 0 Å². The molecule has 0 unspecified atom stereocenters. The molecule has 0 bridgehead atoms. The predicted molar refractivity (Wildman–Crippen MR) is 51.2 cm³/mol. The Kier molecular flexibility index (Phi) is 3.02. The van der Waals surface area contributed by atoms with Crippen LogP contribution in [0.1, 0.15) is 10.4 Å². The Morgan fingerprint density at radius 2 is 1.93 bits per heavy atom. The molecule has 0 radical (unpaired) electrons. The van der Waals surface area contributed by atoms with Gasteiger partial charge in [0.05, 0.1) is 0 Å². The molecule has 4 N–H and O–H groups in total. The summed E-state index contributed by atoms with van der Waals surface area (Å²) in [5.41, 5.74) is 5.41. The minimum absolute atomic E-state index is 0.193. The number of anilines is 1. The molecule has 0 fully saturated rings. The van der Waals surface area contributed by atoms with Crippen molar-refractivity contribution in [3.63, 3.8) is 0 Å². The van der Waals surface area contributed by atoms with Crippen molar-refractivity contribution in [2.45, 2.75) is 0 Å².